The molecule has 4 nitrogen and oxygen atoms in total. The van der Waals surface area contributed by atoms with Gasteiger partial charge in [0.25, 0.3) is 0 Å². The third kappa shape index (κ3) is 2.58. The minimum absolute atomic E-state index is 0.781. The quantitative estimate of drug-likeness (QED) is 0.722. The molecule has 0 bridgehead atoms. The first-order valence-corrected chi connectivity index (χ1v) is 7.39. The minimum Gasteiger partial charge on any atom is -0.398 e. The predicted molar refractivity (Wildman–Crippen MR) is 85.2 cm³/mol. The summed E-state index contributed by atoms with van der Waals surface area (Å²) < 4.78 is 0. The van der Waals surface area contributed by atoms with Crippen LogP contribution in [0.3, 0.4) is 0 Å². The molecule has 20 heavy (non-hydrogen) atoms. The lowest BCUT2D eigenvalue weighted by Gasteiger charge is -2.10. The van der Waals surface area contributed by atoms with Gasteiger partial charge in [-0.2, -0.15) is 0 Å². The van der Waals surface area contributed by atoms with Gasteiger partial charge in [0, 0.05) is 58.6 Å². The van der Waals surface area contributed by atoms with E-state index in [9.17, 15) is 0 Å². The van der Waals surface area contributed by atoms with E-state index >= 15 is 0 Å². The van der Waals surface area contributed by atoms with Crippen LogP contribution in [0.1, 0.15) is 10.7 Å². The highest BCUT2D eigenvalue weighted by Gasteiger charge is 2.04. The lowest BCUT2D eigenvalue weighted by Crippen LogP contribution is -2.05. The SMILES string of the molecule is Cc1csc(CCNc2ccc(N)c3ccncc23)n1. The maximum Gasteiger partial charge on any atom is 0.0945 e. The third-order valence-corrected chi connectivity index (χ3v) is 4.20. The Labute approximate surface area is 121 Å². The molecule has 0 saturated carbocycles. The number of nitrogen functional groups attached to an aromatic ring is 1. The van der Waals surface area contributed by atoms with Crippen molar-refractivity contribution in [1.29, 1.82) is 0 Å². The number of nitrogens with zero attached hydrogens (tertiary/aromatic N) is 2. The van der Waals surface area contributed by atoms with Crippen LogP contribution in [0.2, 0.25) is 0 Å². The van der Waals surface area contributed by atoms with E-state index in [1.165, 1.54) is 0 Å². The van der Waals surface area contributed by atoms with E-state index in [1.807, 2.05) is 31.3 Å². The van der Waals surface area contributed by atoms with Gasteiger partial charge in [-0.15, -0.1) is 11.3 Å². The third-order valence-electron chi connectivity index (χ3n) is 3.17. The molecule has 3 N–H and O–H groups in total. The Balaban J connectivity index is 1.76. The number of pyridine rings is 1. The van der Waals surface area contributed by atoms with Gasteiger partial charge in [-0.3, -0.25) is 4.98 Å². The highest BCUT2D eigenvalue weighted by Crippen LogP contribution is 2.27. The molecule has 0 spiro atoms. The van der Waals surface area contributed by atoms with Gasteiger partial charge in [0.15, 0.2) is 0 Å². The van der Waals surface area contributed by atoms with Crippen LogP contribution in [0.15, 0.2) is 36.0 Å². The van der Waals surface area contributed by atoms with Crippen LogP contribution in [-0.4, -0.2) is 16.5 Å². The highest BCUT2D eigenvalue weighted by molar-refractivity contribution is 7.09. The normalized spacial score (nSPS) is 10.8. The Morgan fingerprint density at radius 3 is 2.95 bits per heavy atom. The topological polar surface area (TPSA) is 63.8 Å². The standard InChI is InChI=1S/C15H16N4S/c1-10-9-20-15(19-10)5-7-18-14-3-2-13(16)11-4-6-17-8-12(11)14/h2-4,6,8-9,18H,5,7,16H2,1H3. The summed E-state index contributed by atoms with van der Waals surface area (Å²) in [5, 5.41) is 8.78. The molecule has 0 aliphatic carbocycles. The second kappa shape index (κ2) is 5.46. The number of aromatic nitrogens is 2. The number of nitrogens with two attached hydrogens (primary N) is 1. The summed E-state index contributed by atoms with van der Waals surface area (Å²) in [5.41, 5.74) is 8.92. The second-order valence-electron chi connectivity index (χ2n) is 4.68. The summed E-state index contributed by atoms with van der Waals surface area (Å²) in [4.78, 5) is 8.64. The molecule has 2 heterocycles. The first-order chi connectivity index (χ1) is 9.74. The van der Waals surface area contributed by atoms with E-state index in [1.54, 1.807) is 17.5 Å². The summed E-state index contributed by atoms with van der Waals surface area (Å²) in [7, 11) is 0. The van der Waals surface area contributed by atoms with Crippen molar-refractivity contribution >= 4 is 33.5 Å². The van der Waals surface area contributed by atoms with Gasteiger partial charge in [-0.25, -0.2) is 4.98 Å². The Kier molecular flexibility index (Phi) is 3.52. The number of nitrogens with one attached hydrogen (secondary N) is 1. The average Bonchev–Trinajstić information content (AvgIpc) is 2.87. The molecule has 0 radical (unpaired) electrons. The van der Waals surface area contributed by atoms with E-state index in [4.69, 9.17) is 5.73 Å². The fourth-order valence-electron chi connectivity index (χ4n) is 2.19. The number of aryl methyl sites for hydroxylation is 1. The molecule has 1 aromatic carbocycles. The first-order valence-electron chi connectivity index (χ1n) is 6.51. The van der Waals surface area contributed by atoms with Crippen molar-refractivity contribution in [3.8, 4) is 0 Å². The molecule has 3 rings (SSSR count). The zero-order chi connectivity index (χ0) is 13.9. The van der Waals surface area contributed by atoms with Gasteiger partial charge in [0.05, 0.1) is 5.01 Å². The Hall–Kier alpha value is -2.14. The second-order valence-corrected chi connectivity index (χ2v) is 5.63. The lowest BCUT2D eigenvalue weighted by atomic mass is 10.1. The largest absolute Gasteiger partial charge is 0.398 e. The van der Waals surface area contributed by atoms with Gasteiger partial charge < -0.3 is 11.1 Å². The van der Waals surface area contributed by atoms with Crippen molar-refractivity contribution in [2.75, 3.05) is 17.6 Å². The number of hydrogen-bond donors (Lipinski definition) is 2. The minimum atomic E-state index is 0.781. The lowest BCUT2D eigenvalue weighted by molar-refractivity contribution is 0.988. The van der Waals surface area contributed by atoms with Crippen LogP contribution >= 0.6 is 11.3 Å². The number of benzene rings is 1. The van der Waals surface area contributed by atoms with Gasteiger partial charge >= 0.3 is 0 Å². The molecule has 102 valence electrons. The van der Waals surface area contributed by atoms with Crippen molar-refractivity contribution < 1.29 is 0 Å². The Morgan fingerprint density at radius 2 is 2.15 bits per heavy atom. The maximum absolute atomic E-state index is 5.98. The molecule has 5 heteroatoms. The summed E-state index contributed by atoms with van der Waals surface area (Å²) in [6.07, 6.45) is 4.53. The van der Waals surface area contributed by atoms with E-state index in [0.29, 0.717) is 0 Å². The van der Waals surface area contributed by atoms with Crippen molar-refractivity contribution in [2.45, 2.75) is 13.3 Å². The average molecular weight is 284 g/mol. The molecule has 0 amide bonds. The number of anilines is 2. The van der Waals surface area contributed by atoms with E-state index in [0.717, 1.165) is 45.8 Å². The summed E-state index contributed by atoms with van der Waals surface area (Å²) in [6, 6.07) is 5.88. The molecule has 0 aliphatic heterocycles. The van der Waals surface area contributed by atoms with Crippen molar-refractivity contribution in [1.82, 2.24) is 9.97 Å². The van der Waals surface area contributed by atoms with Crippen LogP contribution < -0.4 is 11.1 Å². The molecule has 3 aromatic rings. The number of rotatable bonds is 4. The monoisotopic (exact) mass is 284 g/mol. The van der Waals surface area contributed by atoms with E-state index in [-0.39, 0.29) is 0 Å². The van der Waals surface area contributed by atoms with Crippen molar-refractivity contribution in [3.05, 3.63) is 46.7 Å². The Bertz CT molecular complexity index is 736. The number of hydrogen-bond acceptors (Lipinski definition) is 5. The molecule has 0 atom stereocenters. The molecule has 0 saturated heterocycles. The maximum atomic E-state index is 5.98. The van der Waals surface area contributed by atoms with Crippen LogP contribution in [0.5, 0.6) is 0 Å². The smallest absolute Gasteiger partial charge is 0.0945 e. The first kappa shape index (κ1) is 12.9. The summed E-state index contributed by atoms with van der Waals surface area (Å²) in [5.74, 6) is 0. The fraction of sp³-hybridized carbons (Fsp3) is 0.200. The highest BCUT2D eigenvalue weighted by atomic mass is 32.1. The van der Waals surface area contributed by atoms with Crippen LogP contribution in [0, 0.1) is 6.92 Å². The summed E-state index contributed by atoms with van der Waals surface area (Å²) in [6.45, 7) is 2.87. The van der Waals surface area contributed by atoms with E-state index in [2.05, 4.69) is 20.7 Å². The van der Waals surface area contributed by atoms with Crippen molar-refractivity contribution in [3.63, 3.8) is 0 Å². The summed E-state index contributed by atoms with van der Waals surface area (Å²) >= 11 is 1.71. The van der Waals surface area contributed by atoms with Crippen LogP contribution in [0.4, 0.5) is 11.4 Å². The molecule has 0 aliphatic rings. The van der Waals surface area contributed by atoms with Crippen LogP contribution in [-0.2, 0) is 6.42 Å². The molecule has 2 aromatic heterocycles. The van der Waals surface area contributed by atoms with Crippen LogP contribution in [0.25, 0.3) is 10.8 Å². The van der Waals surface area contributed by atoms with E-state index < -0.39 is 0 Å². The van der Waals surface area contributed by atoms with Gasteiger partial charge in [-0.1, -0.05) is 0 Å². The van der Waals surface area contributed by atoms with Gasteiger partial charge in [0.2, 0.25) is 0 Å². The predicted octanol–water partition coefficient (Wildman–Crippen LogP) is 3.24. The Morgan fingerprint density at radius 1 is 1.25 bits per heavy atom. The zero-order valence-electron chi connectivity index (χ0n) is 11.3. The number of thiazole rings is 1. The molecule has 0 fully saturated rings. The molecule has 0 unspecified atom stereocenters. The van der Waals surface area contributed by atoms with Gasteiger partial charge in [0.1, 0.15) is 0 Å². The molecular weight excluding hydrogens is 268 g/mol. The van der Waals surface area contributed by atoms with Crippen molar-refractivity contribution in [2.24, 2.45) is 0 Å². The fourth-order valence-corrected chi connectivity index (χ4v) is 2.97. The number of fused-ring (bicyclic) bond motifs is 1. The molecular formula is C15H16N4S. The zero-order valence-corrected chi connectivity index (χ0v) is 12.1. The van der Waals surface area contributed by atoms with Gasteiger partial charge in [-0.05, 0) is 25.1 Å².